The Labute approximate surface area is 119 Å². The topological polar surface area (TPSA) is 46.9 Å². The molecule has 1 aromatic heterocycles. The molecular formula is C16H21N3O. The molecule has 0 aliphatic rings. The van der Waals surface area contributed by atoms with Crippen LogP contribution in [0.2, 0.25) is 0 Å². The van der Waals surface area contributed by atoms with Crippen molar-refractivity contribution in [2.75, 3.05) is 0 Å². The van der Waals surface area contributed by atoms with Crippen LogP contribution in [0.5, 0.6) is 0 Å². The molecule has 2 aromatic rings. The molecule has 4 nitrogen and oxygen atoms in total. The molecule has 20 heavy (non-hydrogen) atoms. The average Bonchev–Trinajstić information content (AvgIpc) is 2.93. The van der Waals surface area contributed by atoms with Gasteiger partial charge in [-0.3, -0.25) is 4.79 Å². The van der Waals surface area contributed by atoms with Crippen molar-refractivity contribution in [2.45, 2.75) is 33.2 Å². The van der Waals surface area contributed by atoms with Gasteiger partial charge in [0.15, 0.2) is 0 Å². The number of hydrogen-bond donors (Lipinski definition) is 1. The van der Waals surface area contributed by atoms with Crippen LogP contribution in [-0.4, -0.2) is 15.7 Å². The van der Waals surface area contributed by atoms with Crippen LogP contribution in [0, 0.1) is 5.92 Å². The van der Waals surface area contributed by atoms with Crippen LogP contribution in [0.3, 0.4) is 0 Å². The van der Waals surface area contributed by atoms with E-state index in [1.165, 1.54) is 0 Å². The number of hydrogen-bond acceptors (Lipinski definition) is 2. The number of carbonyl (C=O) groups is 1. The third-order valence-electron chi connectivity index (χ3n) is 3.10. The van der Waals surface area contributed by atoms with E-state index in [2.05, 4.69) is 24.3 Å². The van der Waals surface area contributed by atoms with E-state index in [4.69, 9.17) is 0 Å². The summed E-state index contributed by atoms with van der Waals surface area (Å²) in [6, 6.07) is 9.92. The summed E-state index contributed by atoms with van der Waals surface area (Å²) < 4.78 is 1.82. The molecule has 106 valence electrons. The number of para-hydroxylation sites is 1. The fourth-order valence-corrected chi connectivity index (χ4v) is 1.88. The predicted octanol–water partition coefficient (Wildman–Crippen LogP) is 2.92. The lowest BCUT2D eigenvalue weighted by Crippen LogP contribution is -2.22. The molecule has 0 spiro atoms. The number of carbonyl (C=O) groups excluding carboxylic acids is 1. The number of aromatic nitrogens is 2. The Hall–Kier alpha value is -2.10. The summed E-state index contributed by atoms with van der Waals surface area (Å²) in [7, 11) is 0. The van der Waals surface area contributed by atoms with Crippen LogP contribution in [0.15, 0.2) is 42.7 Å². The number of amides is 1. The van der Waals surface area contributed by atoms with Crippen molar-refractivity contribution in [1.29, 1.82) is 0 Å². The quantitative estimate of drug-likeness (QED) is 0.878. The van der Waals surface area contributed by atoms with Crippen molar-refractivity contribution in [3.05, 3.63) is 48.3 Å². The van der Waals surface area contributed by atoms with Gasteiger partial charge in [0.2, 0.25) is 5.91 Å². The van der Waals surface area contributed by atoms with E-state index in [9.17, 15) is 4.79 Å². The number of nitrogens with one attached hydrogen (secondary N) is 1. The third kappa shape index (κ3) is 4.23. The number of nitrogens with zero attached hydrogens (tertiary/aromatic N) is 2. The lowest BCUT2D eigenvalue weighted by atomic mass is 10.1. The van der Waals surface area contributed by atoms with Gasteiger partial charge in [-0.05, 0) is 24.5 Å². The minimum absolute atomic E-state index is 0.103. The summed E-state index contributed by atoms with van der Waals surface area (Å²) >= 11 is 0. The van der Waals surface area contributed by atoms with Crippen LogP contribution in [0.25, 0.3) is 5.69 Å². The van der Waals surface area contributed by atoms with Gasteiger partial charge in [-0.15, -0.1) is 0 Å². The zero-order chi connectivity index (χ0) is 14.4. The van der Waals surface area contributed by atoms with Crippen LogP contribution in [0.4, 0.5) is 0 Å². The molecule has 1 heterocycles. The summed E-state index contributed by atoms with van der Waals surface area (Å²) in [6.45, 7) is 4.78. The summed E-state index contributed by atoms with van der Waals surface area (Å²) in [5, 5.41) is 7.23. The molecule has 1 aromatic carbocycles. The maximum absolute atomic E-state index is 11.7. The van der Waals surface area contributed by atoms with Crippen molar-refractivity contribution in [2.24, 2.45) is 5.92 Å². The molecule has 0 aliphatic carbocycles. The van der Waals surface area contributed by atoms with E-state index in [1.807, 2.05) is 41.2 Å². The van der Waals surface area contributed by atoms with E-state index < -0.39 is 0 Å². The molecule has 0 bridgehead atoms. The molecule has 0 saturated carbocycles. The summed E-state index contributed by atoms with van der Waals surface area (Å²) in [4.78, 5) is 11.7. The maximum atomic E-state index is 11.7. The fraction of sp³-hybridized carbons (Fsp3) is 0.375. The summed E-state index contributed by atoms with van der Waals surface area (Å²) in [5.41, 5.74) is 2.02. The highest BCUT2D eigenvalue weighted by Crippen LogP contribution is 2.08. The molecule has 1 N–H and O–H groups in total. The van der Waals surface area contributed by atoms with Crippen LogP contribution >= 0.6 is 0 Å². The van der Waals surface area contributed by atoms with Gasteiger partial charge in [0.1, 0.15) is 0 Å². The minimum Gasteiger partial charge on any atom is -0.352 e. The van der Waals surface area contributed by atoms with E-state index >= 15 is 0 Å². The summed E-state index contributed by atoms with van der Waals surface area (Å²) in [5.74, 6) is 0.660. The van der Waals surface area contributed by atoms with Gasteiger partial charge < -0.3 is 5.32 Å². The van der Waals surface area contributed by atoms with Crippen molar-refractivity contribution in [3.63, 3.8) is 0 Å². The van der Waals surface area contributed by atoms with E-state index in [0.29, 0.717) is 18.9 Å². The van der Waals surface area contributed by atoms with Crippen molar-refractivity contribution < 1.29 is 4.79 Å². The second-order valence-electron chi connectivity index (χ2n) is 5.34. The molecule has 0 aliphatic heterocycles. The molecule has 4 heteroatoms. The number of benzene rings is 1. The van der Waals surface area contributed by atoms with Crippen LogP contribution < -0.4 is 5.32 Å². The fourth-order valence-electron chi connectivity index (χ4n) is 1.88. The molecule has 1 amide bonds. The lowest BCUT2D eigenvalue weighted by Gasteiger charge is -2.05. The predicted molar refractivity (Wildman–Crippen MR) is 79.5 cm³/mol. The zero-order valence-electron chi connectivity index (χ0n) is 12.0. The first-order chi connectivity index (χ1) is 9.65. The van der Waals surface area contributed by atoms with Crippen molar-refractivity contribution in [3.8, 4) is 5.69 Å². The third-order valence-corrected chi connectivity index (χ3v) is 3.10. The molecule has 0 atom stereocenters. The van der Waals surface area contributed by atoms with Gasteiger partial charge in [0, 0.05) is 24.7 Å². The van der Waals surface area contributed by atoms with Gasteiger partial charge in [-0.1, -0.05) is 32.0 Å². The molecule has 0 unspecified atom stereocenters. The Kier molecular flexibility index (Phi) is 4.93. The van der Waals surface area contributed by atoms with Crippen LogP contribution in [0.1, 0.15) is 32.3 Å². The average molecular weight is 271 g/mol. The Morgan fingerprint density at radius 3 is 2.75 bits per heavy atom. The first kappa shape index (κ1) is 14.3. The Bertz CT molecular complexity index is 546. The van der Waals surface area contributed by atoms with Gasteiger partial charge in [0.25, 0.3) is 0 Å². The molecular weight excluding hydrogens is 250 g/mol. The largest absolute Gasteiger partial charge is 0.352 e. The molecule has 0 radical (unpaired) electrons. The highest BCUT2D eigenvalue weighted by atomic mass is 16.1. The van der Waals surface area contributed by atoms with E-state index in [0.717, 1.165) is 17.7 Å². The lowest BCUT2D eigenvalue weighted by molar-refractivity contribution is -0.121. The first-order valence-corrected chi connectivity index (χ1v) is 7.01. The normalized spacial score (nSPS) is 10.8. The highest BCUT2D eigenvalue weighted by molar-refractivity contribution is 5.75. The van der Waals surface area contributed by atoms with Gasteiger partial charge in [-0.25, -0.2) is 4.68 Å². The SMILES string of the molecule is CC(C)CCC(=O)NCc1cnn(-c2ccccc2)c1. The zero-order valence-corrected chi connectivity index (χ0v) is 12.0. The second kappa shape index (κ2) is 6.89. The number of rotatable bonds is 6. The molecule has 0 saturated heterocycles. The van der Waals surface area contributed by atoms with Gasteiger partial charge >= 0.3 is 0 Å². The second-order valence-corrected chi connectivity index (χ2v) is 5.34. The Balaban J connectivity index is 1.86. The smallest absolute Gasteiger partial charge is 0.220 e. The minimum atomic E-state index is 0.103. The van der Waals surface area contributed by atoms with Crippen molar-refractivity contribution in [1.82, 2.24) is 15.1 Å². The van der Waals surface area contributed by atoms with E-state index in [1.54, 1.807) is 6.20 Å². The van der Waals surface area contributed by atoms with Gasteiger partial charge in [0.05, 0.1) is 11.9 Å². The van der Waals surface area contributed by atoms with Crippen molar-refractivity contribution >= 4 is 5.91 Å². The Morgan fingerprint density at radius 1 is 1.30 bits per heavy atom. The monoisotopic (exact) mass is 271 g/mol. The van der Waals surface area contributed by atoms with E-state index in [-0.39, 0.29) is 5.91 Å². The highest BCUT2D eigenvalue weighted by Gasteiger charge is 2.05. The summed E-state index contributed by atoms with van der Waals surface area (Å²) in [6.07, 6.45) is 5.24. The molecule has 2 rings (SSSR count). The van der Waals surface area contributed by atoms with Gasteiger partial charge in [-0.2, -0.15) is 5.10 Å². The molecule has 0 fully saturated rings. The first-order valence-electron chi connectivity index (χ1n) is 7.01. The Morgan fingerprint density at radius 2 is 2.05 bits per heavy atom. The van der Waals surface area contributed by atoms with Crippen LogP contribution in [-0.2, 0) is 11.3 Å². The maximum Gasteiger partial charge on any atom is 0.220 e. The standard InChI is InChI=1S/C16H21N3O/c1-13(2)8-9-16(20)17-10-14-11-18-19(12-14)15-6-4-3-5-7-15/h3-7,11-13H,8-10H2,1-2H3,(H,17,20).